The number of para-hydroxylation sites is 2. The van der Waals surface area contributed by atoms with Crippen LogP contribution >= 0.6 is 0 Å². The fourth-order valence-corrected chi connectivity index (χ4v) is 4.27. The van der Waals surface area contributed by atoms with Gasteiger partial charge in [0.05, 0.1) is 25.0 Å². The molecule has 5 heteroatoms. The second-order valence-electron chi connectivity index (χ2n) is 7.39. The van der Waals surface area contributed by atoms with Crippen LogP contribution in [0.1, 0.15) is 24.0 Å². The molecular formula is C22H30N5+. The molecule has 0 saturated carbocycles. The Labute approximate surface area is 162 Å². The second kappa shape index (κ2) is 8.01. The monoisotopic (exact) mass is 364 g/mol. The molecule has 0 aliphatic carbocycles. The van der Waals surface area contributed by atoms with Crippen LogP contribution in [0.25, 0.3) is 0 Å². The number of nitrogens with one attached hydrogen (secondary N) is 1. The zero-order valence-electron chi connectivity index (χ0n) is 16.4. The van der Waals surface area contributed by atoms with E-state index < -0.39 is 0 Å². The molecule has 3 N–H and O–H groups in total. The predicted octanol–water partition coefficient (Wildman–Crippen LogP) is 2.74. The molecule has 2 heterocycles. The standard InChI is InChI=1S/C22H29N5/c1-23-20-9-3-4-10-21(20)24-11-12-25-26(2)19-15-17-7-5-13-27-14-6-8-18(16-19)22(17)27/h3-4,9-10,12,15-16,23-24H,5-8,11,13-14H2,1-2H3/p+1/b25-12+. The highest BCUT2D eigenvalue weighted by atomic mass is 15.4. The lowest BCUT2D eigenvalue weighted by Crippen LogP contribution is -2.72. The number of hydrazone groups is 1. The van der Waals surface area contributed by atoms with Crippen molar-refractivity contribution in [1.82, 2.24) is 0 Å². The molecule has 0 radical (unpaired) electrons. The maximum atomic E-state index is 4.65. The summed E-state index contributed by atoms with van der Waals surface area (Å²) in [4.78, 5) is 2.58. The molecule has 0 unspecified atom stereocenters. The molecule has 2 aliphatic heterocycles. The van der Waals surface area contributed by atoms with Crippen LogP contribution in [-0.2, 0) is 12.8 Å². The van der Waals surface area contributed by atoms with Crippen molar-refractivity contribution in [1.29, 1.82) is 0 Å². The van der Waals surface area contributed by atoms with Crippen LogP contribution in [0.3, 0.4) is 0 Å². The van der Waals surface area contributed by atoms with E-state index in [9.17, 15) is 0 Å². The first kappa shape index (κ1) is 17.9. The van der Waals surface area contributed by atoms with E-state index in [1.54, 1.807) is 0 Å². The molecule has 0 fully saturated rings. The van der Waals surface area contributed by atoms with Crippen LogP contribution in [0.4, 0.5) is 22.7 Å². The van der Waals surface area contributed by atoms with Gasteiger partial charge >= 0.3 is 0 Å². The number of aryl methyl sites for hydroxylation is 2. The SMILES string of the molecule is C[NH2+]c1ccccc1NC/C=N/N(C)c1cc2c3c(c1)CCCN3CCC2. The van der Waals surface area contributed by atoms with Crippen molar-refractivity contribution in [2.24, 2.45) is 5.10 Å². The first-order valence-corrected chi connectivity index (χ1v) is 10.1. The molecule has 2 aliphatic rings. The Kier molecular flexibility index (Phi) is 5.30. The van der Waals surface area contributed by atoms with Gasteiger partial charge in [-0.25, -0.2) is 0 Å². The average Bonchev–Trinajstić information content (AvgIpc) is 2.71. The average molecular weight is 365 g/mol. The molecular weight excluding hydrogens is 334 g/mol. The fraction of sp³-hybridized carbons (Fsp3) is 0.409. The molecule has 0 saturated heterocycles. The van der Waals surface area contributed by atoms with E-state index in [0.717, 1.165) is 5.69 Å². The van der Waals surface area contributed by atoms with Crippen molar-refractivity contribution in [3.63, 3.8) is 0 Å². The minimum atomic E-state index is 0.709. The number of hydrogen-bond acceptors (Lipinski definition) is 4. The molecule has 5 nitrogen and oxygen atoms in total. The lowest BCUT2D eigenvalue weighted by Gasteiger charge is -2.37. The van der Waals surface area contributed by atoms with Gasteiger partial charge in [0, 0.05) is 38.1 Å². The molecule has 0 aromatic heterocycles. The summed E-state index contributed by atoms with van der Waals surface area (Å²) in [5.74, 6) is 0. The highest BCUT2D eigenvalue weighted by molar-refractivity contribution is 5.72. The van der Waals surface area contributed by atoms with Gasteiger partial charge in [0.1, 0.15) is 0 Å². The molecule has 142 valence electrons. The summed E-state index contributed by atoms with van der Waals surface area (Å²) in [5, 5.41) is 12.2. The van der Waals surface area contributed by atoms with E-state index in [2.05, 4.69) is 64.1 Å². The van der Waals surface area contributed by atoms with Crippen molar-refractivity contribution >= 4 is 29.0 Å². The first-order valence-electron chi connectivity index (χ1n) is 10.1. The highest BCUT2D eigenvalue weighted by Crippen LogP contribution is 2.38. The molecule has 2 aromatic rings. The quantitative estimate of drug-likeness (QED) is 0.471. The van der Waals surface area contributed by atoms with Crippen LogP contribution in [-0.4, -0.2) is 39.9 Å². The van der Waals surface area contributed by atoms with Gasteiger partial charge in [-0.15, -0.1) is 0 Å². The van der Waals surface area contributed by atoms with Crippen LogP contribution in [0.15, 0.2) is 41.5 Å². The van der Waals surface area contributed by atoms with E-state index in [-0.39, 0.29) is 0 Å². The first-order chi connectivity index (χ1) is 13.3. The van der Waals surface area contributed by atoms with Crippen molar-refractivity contribution in [2.45, 2.75) is 25.7 Å². The number of nitrogens with zero attached hydrogens (tertiary/aromatic N) is 3. The smallest absolute Gasteiger partial charge is 0.152 e. The zero-order valence-corrected chi connectivity index (χ0v) is 16.4. The number of quaternary nitrogens is 1. The number of anilines is 3. The van der Waals surface area contributed by atoms with Gasteiger partial charge in [-0.2, -0.15) is 5.10 Å². The van der Waals surface area contributed by atoms with Crippen molar-refractivity contribution < 1.29 is 5.32 Å². The van der Waals surface area contributed by atoms with E-state index >= 15 is 0 Å². The maximum absolute atomic E-state index is 4.65. The van der Waals surface area contributed by atoms with Crippen LogP contribution in [0.5, 0.6) is 0 Å². The Morgan fingerprint density at radius 2 is 1.85 bits per heavy atom. The van der Waals surface area contributed by atoms with E-state index in [1.807, 2.05) is 18.3 Å². The Bertz CT molecular complexity index is 798. The van der Waals surface area contributed by atoms with Gasteiger partial charge < -0.3 is 15.5 Å². The van der Waals surface area contributed by atoms with Gasteiger partial charge in [0.2, 0.25) is 0 Å². The van der Waals surface area contributed by atoms with Crippen molar-refractivity contribution in [2.75, 3.05) is 49.0 Å². The Hall–Kier alpha value is -2.53. The summed E-state index contributed by atoms with van der Waals surface area (Å²) < 4.78 is 0. The summed E-state index contributed by atoms with van der Waals surface area (Å²) in [6, 6.07) is 13.0. The van der Waals surface area contributed by atoms with Crippen LogP contribution in [0.2, 0.25) is 0 Å². The van der Waals surface area contributed by atoms with E-state index in [1.165, 1.54) is 67.0 Å². The van der Waals surface area contributed by atoms with Gasteiger partial charge in [0.25, 0.3) is 0 Å². The molecule has 0 bridgehead atoms. The Morgan fingerprint density at radius 3 is 2.56 bits per heavy atom. The summed E-state index contributed by atoms with van der Waals surface area (Å²) in [6.07, 6.45) is 6.86. The lowest BCUT2D eigenvalue weighted by atomic mass is 9.91. The summed E-state index contributed by atoms with van der Waals surface area (Å²) >= 11 is 0. The zero-order chi connectivity index (χ0) is 18.6. The van der Waals surface area contributed by atoms with E-state index in [0.29, 0.717) is 6.54 Å². The third kappa shape index (κ3) is 3.78. The topological polar surface area (TPSA) is 47.5 Å². The number of hydrogen-bond donors (Lipinski definition) is 2. The van der Waals surface area contributed by atoms with Gasteiger partial charge in [-0.1, -0.05) is 12.1 Å². The number of nitrogens with two attached hydrogens (primary N) is 1. The normalized spacial score (nSPS) is 15.7. The van der Waals surface area contributed by atoms with Gasteiger partial charge in [-0.3, -0.25) is 5.01 Å². The maximum Gasteiger partial charge on any atom is 0.152 e. The molecule has 0 amide bonds. The van der Waals surface area contributed by atoms with Crippen molar-refractivity contribution in [3.05, 3.63) is 47.5 Å². The molecule has 27 heavy (non-hydrogen) atoms. The predicted molar refractivity (Wildman–Crippen MR) is 115 cm³/mol. The van der Waals surface area contributed by atoms with Crippen LogP contribution in [0, 0.1) is 0 Å². The van der Waals surface area contributed by atoms with E-state index in [4.69, 9.17) is 0 Å². The Morgan fingerprint density at radius 1 is 1.15 bits per heavy atom. The van der Waals surface area contributed by atoms with Gasteiger partial charge in [0.15, 0.2) is 5.69 Å². The summed E-state index contributed by atoms with van der Waals surface area (Å²) in [5.41, 5.74) is 8.08. The summed E-state index contributed by atoms with van der Waals surface area (Å²) in [7, 11) is 4.11. The molecule has 0 spiro atoms. The third-order valence-corrected chi connectivity index (χ3v) is 5.60. The minimum Gasteiger partial charge on any atom is -0.375 e. The third-order valence-electron chi connectivity index (χ3n) is 5.60. The largest absolute Gasteiger partial charge is 0.375 e. The van der Waals surface area contributed by atoms with Gasteiger partial charge in [-0.05, 0) is 55.0 Å². The Balaban J connectivity index is 1.44. The molecule has 4 rings (SSSR count). The second-order valence-corrected chi connectivity index (χ2v) is 7.39. The molecule has 0 atom stereocenters. The minimum absolute atomic E-state index is 0.709. The summed E-state index contributed by atoms with van der Waals surface area (Å²) in [6.45, 7) is 3.14. The van der Waals surface area contributed by atoms with Crippen LogP contribution < -0.4 is 20.5 Å². The highest BCUT2D eigenvalue weighted by Gasteiger charge is 2.24. The number of benzene rings is 2. The van der Waals surface area contributed by atoms with Crippen molar-refractivity contribution in [3.8, 4) is 0 Å². The fourth-order valence-electron chi connectivity index (χ4n) is 4.27. The number of rotatable bonds is 6. The molecule has 2 aromatic carbocycles. The lowest BCUT2D eigenvalue weighted by molar-refractivity contribution is -0.538.